The highest BCUT2D eigenvalue weighted by molar-refractivity contribution is 14.0. The number of halogens is 2. The predicted octanol–water partition coefficient (Wildman–Crippen LogP) is 1.81. The number of hydrogen-bond donors (Lipinski definition) is 1. The Morgan fingerprint density at radius 1 is 1.21 bits per heavy atom. The average Bonchev–Trinajstić information content (AvgIpc) is 2.99. The van der Waals surface area contributed by atoms with Crippen LogP contribution in [0.15, 0.2) is 41.7 Å². The number of aromatic nitrogens is 2. The van der Waals surface area contributed by atoms with E-state index < -0.39 is 0 Å². The third kappa shape index (κ3) is 4.37. The number of nitrogens with two attached hydrogens (primary N) is 1. The van der Waals surface area contributed by atoms with Gasteiger partial charge in [0.05, 0.1) is 0 Å². The summed E-state index contributed by atoms with van der Waals surface area (Å²) >= 11 is 0. The molecule has 0 amide bonds. The van der Waals surface area contributed by atoms with Gasteiger partial charge in [-0.15, -0.1) is 24.0 Å². The summed E-state index contributed by atoms with van der Waals surface area (Å²) < 4.78 is 14.9. The van der Waals surface area contributed by atoms with Gasteiger partial charge in [-0.05, 0) is 24.3 Å². The van der Waals surface area contributed by atoms with E-state index in [-0.39, 0.29) is 29.8 Å². The monoisotopic (exact) mass is 444 g/mol. The highest BCUT2D eigenvalue weighted by atomic mass is 127. The van der Waals surface area contributed by atoms with Crippen LogP contribution in [0, 0.1) is 5.82 Å². The van der Waals surface area contributed by atoms with Gasteiger partial charge < -0.3 is 20.1 Å². The van der Waals surface area contributed by atoms with E-state index in [1.165, 1.54) is 12.1 Å². The minimum absolute atomic E-state index is 0. The van der Waals surface area contributed by atoms with Crippen LogP contribution >= 0.6 is 24.0 Å². The molecule has 1 aromatic carbocycles. The van der Waals surface area contributed by atoms with Gasteiger partial charge in [0, 0.05) is 51.3 Å². The lowest BCUT2D eigenvalue weighted by atomic mass is 10.2. The summed E-state index contributed by atoms with van der Waals surface area (Å²) in [5.74, 6) is 1.22. The first-order valence-electron chi connectivity index (χ1n) is 7.65. The molecular weight excluding hydrogens is 422 g/mol. The van der Waals surface area contributed by atoms with Crippen molar-refractivity contribution in [3.8, 4) is 0 Å². The smallest absolute Gasteiger partial charge is 0.191 e. The molecule has 1 aliphatic rings. The number of nitrogens with zero attached hydrogens (tertiary/aromatic N) is 5. The Labute approximate surface area is 158 Å². The molecule has 1 aromatic heterocycles. The zero-order valence-electron chi connectivity index (χ0n) is 13.6. The Kier molecular flexibility index (Phi) is 6.41. The molecule has 0 bridgehead atoms. The third-order valence-electron chi connectivity index (χ3n) is 4.10. The lowest BCUT2D eigenvalue weighted by Crippen LogP contribution is -2.51. The van der Waals surface area contributed by atoms with E-state index in [0.717, 1.165) is 37.7 Å². The fraction of sp³-hybridized carbons (Fsp3) is 0.375. The standard InChI is InChI=1S/C16H21FN6.HI/c1-21-7-6-19-15(21)12-20-16(18)23-10-8-22(9-11-23)14-4-2-13(17)3-5-14;/h2-7H,8-12H2,1H3,(H2,18,20);1H. The fourth-order valence-electron chi connectivity index (χ4n) is 2.65. The van der Waals surface area contributed by atoms with E-state index in [9.17, 15) is 4.39 Å². The molecule has 0 spiro atoms. The fourth-order valence-corrected chi connectivity index (χ4v) is 2.65. The molecule has 8 heteroatoms. The second kappa shape index (κ2) is 8.32. The second-order valence-electron chi connectivity index (χ2n) is 5.58. The highest BCUT2D eigenvalue weighted by Crippen LogP contribution is 2.16. The number of guanidine groups is 1. The minimum Gasteiger partial charge on any atom is -0.370 e. The molecule has 24 heavy (non-hydrogen) atoms. The zero-order chi connectivity index (χ0) is 16.2. The highest BCUT2D eigenvalue weighted by Gasteiger charge is 2.18. The van der Waals surface area contributed by atoms with Crippen LogP contribution < -0.4 is 10.6 Å². The number of anilines is 1. The summed E-state index contributed by atoms with van der Waals surface area (Å²) in [6.45, 7) is 3.75. The van der Waals surface area contributed by atoms with Crippen molar-refractivity contribution in [3.05, 3.63) is 48.3 Å². The number of aryl methyl sites for hydroxylation is 1. The Hall–Kier alpha value is -1.84. The SMILES string of the molecule is Cn1ccnc1CN=C(N)N1CCN(c2ccc(F)cc2)CC1.I. The molecular formula is C16H22FIN6. The van der Waals surface area contributed by atoms with Gasteiger partial charge in [-0.3, -0.25) is 0 Å². The molecule has 1 saturated heterocycles. The summed E-state index contributed by atoms with van der Waals surface area (Å²) in [5.41, 5.74) is 7.13. The zero-order valence-corrected chi connectivity index (χ0v) is 15.9. The number of rotatable bonds is 3. The van der Waals surface area contributed by atoms with Crippen LogP contribution in [-0.4, -0.2) is 46.6 Å². The van der Waals surface area contributed by atoms with Crippen molar-refractivity contribution in [2.45, 2.75) is 6.54 Å². The molecule has 0 saturated carbocycles. The van der Waals surface area contributed by atoms with Gasteiger partial charge in [-0.2, -0.15) is 0 Å². The molecule has 6 nitrogen and oxygen atoms in total. The molecule has 130 valence electrons. The van der Waals surface area contributed by atoms with Crippen LogP contribution in [0.3, 0.4) is 0 Å². The molecule has 2 aromatic rings. The van der Waals surface area contributed by atoms with E-state index in [2.05, 4.69) is 19.8 Å². The van der Waals surface area contributed by atoms with Gasteiger partial charge in [0.2, 0.25) is 0 Å². The summed E-state index contributed by atoms with van der Waals surface area (Å²) in [7, 11) is 1.94. The van der Waals surface area contributed by atoms with Crippen molar-refractivity contribution in [1.82, 2.24) is 14.5 Å². The summed E-state index contributed by atoms with van der Waals surface area (Å²) in [6, 6.07) is 6.60. The average molecular weight is 444 g/mol. The molecule has 0 atom stereocenters. The first kappa shape index (κ1) is 18.5. The number of aliphatic imine (C=N–C) groups is 1. The van der Waals surface area contributed by atoms with E-state index in [1.54, 1.807) is 6.20 Å². The van der Waals surface area contributed by atoms with Gasteiger partial charge >= 0.3 is 0 Å². The van der Waals surface area contributed by atoms with Crippen LogP contribution in [0.4, 0.5) is 10.1 Å². The number of piperazine rings is 1. The van der Waals surface area contributed by atoms with E-state index >= 15 is 0 Å². The normalized spacial score (nSPS) is 15.3. The van der Waals surface area contributed by atoms with Gasteiger partial charge in [-0.1, -0.05) is 0 Å². The number of imidazole rings is 1. The maximum atomic E-state index is 13.0. The van der Waals surface area contributed by atoms with Gasteiger partial charge in [0.15, 0.2) is 5.96 Å². The van der Waals surface area contributed by atoms with Crippen molar-refractivity contribution in [3.63, 3.8) is 0 Å². The Balaban J connectivity index is 0.00000208. The predicted molar refractivity (Wildman–Crippen MR) is 104 cm³/mol. The number of benzene rings is 1. The Morgan fingerprint density at radius 2 is 1.88 bits per heavy atom. The van der Waals surface area contributed by atoms with Crippen LogP contribution in [0.2, 0.25) is 0 Å². The Bertz CT molecular complexity index is 676. The largest absolute Gasteiger partial charge is 0.370 e. The summed E-state index contributed by atoms with van der Waals surface area (Å²) in [5, 5.41) is 0. The van der Waals surface area contributed by atoms with Crippen molar-refractivity contribution in [2.75, 3.05) is 31.1 Å². The molecule has 2 N–H and O–H groups in total. The number of hydrogen-bond acceptors (Lipinski definition) is 3. The van der Waals surface area contributed by atoms with Crippen LogP contribution in [-0.2, 0) is 13.6 Å². The maximum Gasteiger partial charge on any atom is 0.191 e. The lowest BCUT2D eigenvalue weighted by Gasteiger charge is -2.36. The molecule has 1 fully saturated rings. The molecule has 0 aliphatic carbocycles. The second-order valence-corrected chi connectivity index (χ2v) is 5.58. The molecule has 0 unspecified atom stereocenters. The van der Waals surface area contributed by atoms with E-state index in [0.29, 0.717) is 12.5 Å². The third-order valence-corrected chi connectivity index (χ3v) is 4.10. The van der Waals surface area contributed by atoms with Gasteiger partial charge in [-0.25, -0.2) is 14.4 Å². The molecule has 1 aliphatic heterocycles. The van der Waals surface area contributed by atoms with Crippen LogP contribution in [0.1, 0.15) is 5.82 Å². The van der Waals surface area contributed by atoms with Crippen molar-refractivity contribution in [1.29, 1.82) is 0 Å². The summed E-state index contributed by atoms with van der Waals surface area (Å²) in [6.07, 6.45) is 3.64. The Morgan fingerprint density at radius 3 is 2.46 bits per heavy atom. The molecule has 3 rings (SSSR count). The maximum absolute atomic E-state index is 13.0. The molecule has 0 radical (unpaired) electrons. The topological polar surface area (TPSA) is 62.7 Å². The minimum atomic E-state index is -0.210. The van der Waals surface area contributed by atoms with E-state index in [4.69, 9.17) is 5.73 Å². The summed E-state index contributed by atoms with van der Waals surface area (Å²) in [4.78, 5) is 13.0. The van der Waals surface area contributed by atoms with E-state index in [1.807, 2.05) is 29.9 Å². The van der Waals surface area contributed by atoms with Crippen LogP contribution in [0.25, 0.3) is 0 Å². The first-order valence-corrected chi connectivity index (χ1v) is 7.65. The molecule has 2 heterocycles. The van der Waals surface area contributed by atoms with Gasteiger partial charge in [0.1, 0.15) is 18.2 Å². The van der Waals surface area contributed by atoms with Crippen molar-refractivity contribution < 1.29 is 4.39 Å². The van der Waals surface area contributed by atoms with Gasteiger partial charge in [0.25, 0.3) is 0 Å². The quantitative estimate of drug-likeness (QED) is 0.446. The first-order chi connectivity index (χ1) is 11.1. The lowest BCUT2D eigenvalue weighted by molar-refractivity contribution is 0.380. The van der Waals surface area contributed by atoms with Crippen molar-refractivity contribution >= 4 is 35.6 Å². The van der Waals surface area contributed by atoms with Crippen LogP contribution in [0.5, 0.6) is 0 Å². The van der Waals surface area contributed by atoms with Crippen molar-refractivity contribution in [2.24, 2.45) is 17.8 Å².